The van der Waals surface area contributed by atoms with Crippen LogP contribution in [0.25, 0.3) is 0 Å². The number of hydrogen-bond acceptors (Lipinski definition) is 2. The topological polar surface area (TPSA) is 55.1 Å². The summed E-state index contributed by atoms with van der Waals surface area (Å²) in [6, 6.07) is 0.484. The molecule has 0 saturated heterocycles. The Morgan fingerprint density at radius 1 is 1.43 bits per heavy atom. The lowest BCUT2D eigenvalue weighted by Gasteiger charge is -2.14. The van der Waals surface area contributed by atoms with Crippen LogP contribution in [0.5, 0.6) is 0 Å². The molecule has 0 heterocycles. The lowest BCUT2D eigenvalue weighted by molar-refractivity contribution is -0.120. The molecule has 82 valence electrons. The van der Waals surface area contributed by atoms with E-state index in [0.717, 1.165) is 12.8 Å². The Morgan fingerprint density at radius 3 is 2.64 bits per heavy atom. The van der Waals surface area contributed by atoms with Crippen LogP contribution in [0.2, 0.25) is 0 Å². The minimum absolute atomic E-state index is 0.0839. The molecule has 0 radical (unpaired) electrons. The predicted molar refractivity (Wildman–Crippen MR) is 57.9 cm³/mol. The smallest absolute Gasteiger partial charge is 0.234 e. The van der Waals surface area contributed by atoms with Crippen molar-refractivity contribution >= 4 is 5.91 Å². The number of primary amides is 1. The molecule has 3 nitrogen and oxygen atoms in total. The first-order valence-electron chi connectivity index (χ1n) is 5.79. The molecule has 0 aromatic rings. The fourth-order valence-electron chi connectivity index (χ4n) is 1.62. The Balaban J connectivity index is 2.10. The van der Waals surface area contributed by atoms with Crippen molar-refractivity contribution in [2.45, 2.75) is 64.0 Å². The average molecular weight is 198 g/mol. The fourth-order valence-corrected chi connectivity index (χ4v) is 1.62. The van der Waals surface area contributed by atoms with Crippen molar-refractivity contribution in [1.82, 2.24) is 5.32 Å². The quantitative estimate of drug-likeness (QED) is 0.582. The van der Waals surface area contributed by atoms with E-state index < -0.39 is 0 Å². The molecule has 1 aliphatic carbocycles. The summed E-state index contributed by atoms with van der Waals surface area (Å²) in [6.45, 7) is 2.19. The summed E-state index contributed by atoms with van der Waals surface area (Å²) in [5.74, 6) is -0.187. The molecule has 0 aliphatic heterocycles. The van der Waals surface area contributed by atoms with Gasteiger partial charge >= 0.3 is 0 Å². The lowest BCUT2D eigenvalue weighted by atomic mass is 10.1. The third-order valence-corrected chi connectivity index (χ3v) is 2.70. The Hall–Kier alpha value is -0.570. The SMILES string of the molecule is CCCCCCC(NC1CC1)C(N)=O. The van der Waals surface area contributed by atoms with Crippen LogP contribution in [0.3, 0.4) is 0 Å². The van der Waals surface area contributed by atoms with E-state index in [2.05, 4.69) is 12.2 Å². The maximum absolute atomic E-state index is 11.1. The van der Waals surface area contributed by atoms with Crippen molar-refractivity contribution in [3.63, 3.8) is 0 Å². The second-order valence-electron chi connectivity index (χ2n) is 4.25. The van der Waals surface area contributed by atoms with E-state index in [0.29, 0.717) is 6.04 Å². The van der Waals surface area contributed by atoms with Crippen molar-refractivity contribution in [3.8, 4) is 0 Å². The predicted octanol–water partition coefficient (Wildman–Crippen LogP) is 1.56. The van der Waals surface area contributed by atoms with Gasteiger partial charge in [-0.2, -0.15) is 0 Å². The molecule has 1 fully saturated rings. The van der Waals surface area contributed by atoms with Crippen molar-refractivity contribution in [3.05, 3.63) is 0 Å². The molecule has 0 bridgehead atoms. The van der Waals surface area contributed by atoms with Crippen molar-refractivity contribution in [2.75, 3.05) is 0 Å². The molecule has 1 rings (SSSR count). The standard InChI is InChI=1S/C11H22N2O/c1-2-3-4-5-6-10(11(12)14)13-9-7-8-9/h9-10,13H,2-8H2,1H3,(H2,12,14). The van der Waals surface area contributed by atoms with E-state index >= 15 is 0 Å². The number of amides is 1. The van der Waals surface area contributed by atoms with Crippen molar-refractivity contribution in [2.24, 2.45) is 5.73 Å². The van der Waals surface area contributed by atoms with Gasteiger partial charge in [-0.1, -0.05) is 32.6 Å². The number of carbonyl (C=O) groups excluding carboxylic acids is 1. The van der Waals surface area contributed by atoms with Crippen molar-refractivity contribution < 1.29 is 4.79 Å². The number of rotatable bonds is 8. The van der Waals surface area contributed by atoms with E-state index in [4.69, 9.17) is 5.73 Å². The Kier molecular flexibility index (Phi) is 4.94. The first kappa shape index (κ1) is 11.5. The summed E-state index contributed by atoms with van der Waals surface area (Å²) in [6.07, 6.45) is 8.14. The van der Waals surface area contributed by atoms with Gasteiger partial charge in [-0.15, -0.1) is 0 Å². The Bertz CT molecular complexity index is 178. The van der Waals surface area contributed by atoms with E-state index in [9.17, 15) is 4.79 Å². The zero-order chi connectivity index (χ0) is 10.4. The number of unbranched alkanes of at least 4 members (excludes halogenated alkanes) is 3. The molecular weight excluding hydrogens is 176 g/mol. The first-order chi connectivity index (χ1) is 6.74. The molecule has 1 aliphatic rings. The Morgan fingerprint density at radius 2 is 2.14 bits per heavy atom. The van der Waals surface area contributed by atoms with E-state index in [1.54, 1.807) is 0 Å². The molecule has 1 saturated carbocycles. The second kappa shape index (κ2) is 6.02. The van der Waals surface area contributed by atoms with Gasteiger partial charge in [0.25, 0.3) is 0 Å². The summed E-state index contributed by atoms with van der Waals surface area (Å²) in [4.78, 5) is 11.1. The molecule has 3 N–H and O–H groups in total. The Labute approximate surface area is 86.4 Å². The van der Waals surface area contributed by atoms with Crippen LogP contribution < -0.4 is 11.1 Å². The van der Waals surface area contributed by atoms with Crippen LogP contribution in [0, 0.1) is 0 Å². The highest BCUT2D eigenvalue weighted by molar-refractivity contribution is 5.79. The molecule has 0 aromatic carbocycles. The van der Waals surface area contributed by atoms with Gasteiger partial charge in [0, 0.05) is 6.04 Å². The van der Waals surface area contributed by atoms with E-state index in [1.807, 2.05) is 0 Å². The molecular formula is C11H22N2O. The summed E-state index contributed by atoms with van der Waals surface area (Å²) in [5.41, 5.74) is 5.33. The monoisotopic (exact) mass is 198 g/mol. The van der Waals surface area contributed by atoms with Gasteiger partial charge in [-0.25, -0.2) is 0 Å². The first-order valence-corrected chi connectivity index (χ1v) is 5.79. The minimum atomic E-state index is -0.187. The van der Waals surface area contributed by atoms with Gasteiger partial charge in [-0.05, 0) is 19.3 Å². The highest BCUT2D eigenvalue weighted by Gasteiger charge is 2.26. The number of nitrogens with one attached hydrogen (secondary N) is 1. The molecule has 14 heavy (non-hydrogen) atoms. The lowest BCUT2D eigenvalue weighted by Crippen LogP contribution is -2.42. The van der Waals surface area contributed by atoms with Crippen LogP contribution in [-0.4, -0.2) is 18.0 Å². The molecule has 1 unspecified atom stereocenters. The van der Waals surface area contributed by atoms with Gasteiger partial charge < -0.3 is 11.1 Å². The third-order valence-electron chi connectivity index (χ3n) is 2.70. The zero-order valence-corrected chi connectivity index (χ0v) is 9.09. The minimum Gasteiger partial charge on any atom is -0.368 e. The number of nitrogens with two attached hydrogens (primary N) is 1. The molecule has 0 spiro atoms. The summed E-state index contributed by atoms with van der Waals surface area (Å²) in [5, 5.41) is 3.29. The maximum atomic E-state index is 11.1. The third kappa shape index (κ3) is 4.61. The van der Waals surface area contributed by atoms with E-state index in [1.165, 1.54) is 32.1 Å². The van der Waals surface area contributed by atoms with Gasteiger partial charge in [-0.3, -0.25) is 4.79 Å². The van der Waals surface area contributed by atoms with E-state index in [-0.39, 0.29) is 11.9 Å². The summed E-state index contributed by atoms with van der Waals surface area (Å²) >= 11 is 0. The molecule has 1 amide bonds. The zero-order valence-electron chi connectivity index (χ0n) is 9.09. The van der Waals surface area contributed by atoms with Gasteiger partial charge in [0.2, 0.25) is 5.91 Å². The van der Waals surface area contributed by atoms with Crippen LogP contribution in [0.4, 0.5) is 0 Å². The maximum Gasteiger partial charge on any atom is 0.234 e. The molecule has 3 heteroatoms. The number of hydrogen-bond donors (Lipinski definition) is 2. The van der Waals surface area contributed by atoms with Crippen LogP contribution >= 0.6 is 0 Å². The molecule has 0 aromatic heterocycles. The highest BCUT2D eigenvalue weighted by Crippen LogP contribution is 2.20. The summed E-state index contributed by atoms with van der Waals surface area (Å²) < 4.78 is 0. The van der Waals surface area contributed by atoms with Gasteiger partial charge in [0.05, 0.1) is 6.04 Å². The van der Waals surface area contributed by atoms with Crippen LogP contribution in [0.1, 0.15) is 51.9 Å². The van der Waals surface area contributed by atoms with Crippen LogP contribution in [0.15, 0.2) is 0 Å². The fraction of sp³-hybridized carbons (Fsp3) is 0.909. The largest absolute Gasteiger partial charge is 0.368 e. The second-order valence-corrected chi connectivity index (χ2v) is 4.25. The van der Waals surface area contributed by atoms with Gasteiger partial charge in [0.15, 0.2) is 0 Å². The van der Waals surface area contributed by atoms with Crippen LogP contribution in [-0.2, 0) is 4.79 Å². The summed E-state index contributed by atoms with van der Waals surface area (Å²) in [7, 11) is 0. The van der Waals surface area contributed by atoms with Crippen molar-refractivity contribution in [1.29, 1.82) is 0 Å². The van der Waals surface area contributed by atoms with Gasteiger partial charge in [0.1, 0.15) is 0 Å². The molecule has 1 atom stereocenters. The number of carbonyl (C=O) groups is 1. The normalized spacial score (nSPS) is 18.1. The highest BCUT2D eigenvalue weighted by atomic mass is 16.1. The average Bonchev–Trinajstić information content (AvgIpc) is 2.93.